The maximum atomic E-state index is 6.11. The molecule has 0 fully saturated rings. The Morgan fingerprint density at radius 2 is 1.65 bits per heavy atom. The lowest BCUT2D eigenvalue weighted by atomic mass is 10.1. The SMILES string of the molecule is Cc1cc(C)cc(NCCNCc2ccccc2Cl)c1. The van der Waals surface area contributed by atoms with Crippen LogP contribution in [0.25, 0.3) is 0 Å². The fourth-order valence-electron chi connectivity index (χ4n) is 2.24. The Balaban J connectivity index is 1.73. The summed E-state index contributed by atoms with van der Waals surface area (Å²) < 4.78 is 0. The highest BCUT2D eigenvalue weighted by atomic mass is 35.5. The van der Waals surface area contributed by atoms with Crippen LogP contribution >= 0.6 is 11.6 Å². The van der Waals surface area contributed by atoms with E-state index in [4.69, 9.17) is 11.6 Å². The van der Waals surface area contributed by atoms with E-state index < -0.39 is 0 Å². The average molecular weight is 289 g/mol. The molecule has 2 aromatic rings. The number of benzene rings is 2. The molecule has 0 saturated heterocycles. The molecular weight excluding hydrogens is 268 g/mol. The molecule has 20 heavy (non-hydrogen) atoms. The molecule has 2 aromatic carbocycles. The van der Waals surface area contributed by atoms with Crippen molar-refractivity contribution in [1.29, 1.82) is 0 Å². The second kappa shape index (κ2) is 7.32. The first-order valence-corrected chi connectivity index (χ1v) is 7.29. The third-order valence-electron chi connectivity index (χ3n) is 3.13. The molecule has 0 radical (unpaired) electrons. The lowest BCUT2D eigenvalue weighted by Gasteiger charge is -2.10. The van der Waals surface area contributed by atoms with E-state index >= 15 is 0 Å². The van der Waals surface area contributed by atoms with E-state index in [1.54, 1.807) is 0 Å². The van der Waals surface area contributed by atoms with E-state index in [9.17, 15) is 0 Å². The Kier molecular flexibility index (Phi) is 5.45. The molecule has 106 valence electrons. The molecule has 0 unspecified atom stereocenters. The summed E-state index contributed by atoms with van der Waals surface area (Å²) in [6, 6.07) is 14.5. The summed E-state index contributed by atoms with van der Waals surface area (Å²) in [6.45, 7) is 6.83. The minimum atomic E-state index is 0.800. The maximum Gasteiger partial charge on any atom is 0.0450 e. The molecule has 3 heteroatoms. The Hall–Kier alpha value is -1.51. The largest absolute Gasteiger partial charge is 0.384 e. The predicted octanol–water partition coefficient (Wildman–Crippen LogP) is 4.16. The lowest BCUT2D eigenvalue weighted by Crippen LogP contribution is -2.22. The summed E-state index contributed by atoms with van der Waals surface area (Å²) in [5, 5.41) is 7.65. The van der Waals surface area contributed by atoms with E-state index in [2.05, 4.69) is 42.7 Å². The highest BCUT2D eigenvalue weighted by molar-refractivity contribution is 6.31. The van der Waals surface area contributed by atoms with Crippen molar-refractivity contribution in [2.45, 2.75) is 20.4 Å². The zero-order valence-electron chi connectivity index (χ0n) is 12.0. The van der Waals surface area contributed by atoms with Gasteiger partial charge >= 0.3 is 0 Å². The van der Waals surface area contributed by atoms with Gasteiger partial charge in [-0.1, -0.05) is 35.9 Å². The van der Waals surface area contributed by atoms with Crippen molar-refractivity contribution in [3.8, 4) is 0 Å². The normalized spacial score (nSPS) is 10.6. The molecule has 0 saturated carbocycles. The summed E-state index contributed by atoms with van der Waals surface area (Å²) in [4.78, 5) is 0. The third-order valence-corrected chi connectivity index (χ3v) is 3.49. The number of nitrogens with one attached hydrogen (secondary N) is 2. The van der Waals surface area contributed by atoms with Crippen LogP contribution in [-0.4, -0.2) is 13.1 Å². The van der Waals surface area contributed by atoms with Crippen LogP contribution in [0.4, 0.5) is 5.69 Å². The number of aryl methyl sites for hydroxylation is 2. The van der Waals surface area contributed by atoms with Gasteiger partial charge < -0.3 is 10.6 Å². The first-order valence-electron chi connectivity index (χ1n) is 6.91. The van der Waals surface area contributed by atoms with Crippen LogP contribution in [0.15, 0.2) is 42.5 Å². The predicted molar refractivity (Wildman–Crippen MR) is 87.6 cm³/mol. The van der Waals surface area contributed by atoms with Crippen LogP contribution in [0.5, 0.6) is 0 Å². The van der Waals surface area contributed by atoms with Crippen molar-refractivity contribution in [1.82, 2.24) is 5.32 Å². The van der Waals surface area contributed by atoms with Gasteiger partial charge in [0.05, 0.1) is 0 Å². The zero-order valence-corrected chi connectivity index (χ0v) is 12.8. The van der Waals surface area contributed by atoms with Gasteiger partial charge in [0.2, 0.25) is 0 Å². The smallest absolute Gasteiger partial charge is 0.0450 e. The summed E-state index contributed by atoms with van der Waals surface area (Å²) in [5.41, 5.74) is 4.90. The summed E-state index contributed by atoms with van der Waals surface area (Å²) >= 11 is 6.11. The second-order valence-corrected chi connectivity index (χ2v) is 5.48. The number of anilines is 1. The highest BCUT2D eigenvalue weighted by Crippen LogP contribution is 2.14. The van der Waals surface area contributed by atoms with Crippen molar-refractivity contribution < 1.29 is 0 Å². The molecule has 0 heterocycles. The van der Waals surface area contributed by atoms with Gasteiger partial charge in [-0.3, -0.25) is 0 Å². The van der Waals surface area contributed by atoms with Crippen LogP contribution in [0, 0.1) is 13.8 Å². The van der Waals surface area contributed by atoms with Crippen LogP contribution in [0.3, 0.4) is 0 Å². The topological polar surface area (TPSA) is 24.1 Å². The van der Waals surface area contributed by atoms with Gasteiger partial charge in [-0.25, -0.2) is 0 Å². The second-order valence-electron chi connectivity index (χ2n) is 5.07. The van der Waals surface area contributed by atoms with Crippen LogP contribution in [-0.2, 0) is 6.54 Å². The molecule has 0 aliphatic heterocycles. The van der Waals surface area contributed by atoms with E-state index in [-0.39, 0.29) is 0 Å². The molecule has 0 atom stereocenters. The zero-order chi connectivity index (χ0) is 14.4. The van der Waals surface area contributed by atoms with Crippen LogP contribution in [0.1, 0.15) is 16.7 Å². The van der Waals surface area contributed by atoms with E-state index in [1.807, 2.05) is 24.3 Å². The number of hydrogen-bond acceptors (Lipinski definition) is 2. The Labute approximate surface area is 126 Å². The Morgan fingerprint density at radius 1 is 0.950 bits per heavy atom. The maximum absolute atomic E-state index is 6.11. The van der Waals surface area contributed by atoms with Crippen LogP contribution < -0.4 is 10.6 Å². The molecule has 0 aliphatic rings. The lowest BCUT2D eigenvalue weighted by molar-refractivity contribution is 0.707. The van der Waals surface area contributed by atoms with Gasteiger partial charge in [0.15, 0.2) is 0 Å². The molecule has 2 N–H and O–H groups in total. The third kappa shape index (κ3) is 4.55. The molecule has 0 amide bonds. The molecule has 0 spiro atoms. The molecular formula is C17H21ClN2. The minimum Gasteiger partial charge on any atom is -0.384 e. The summed E-state index contributed by atoms with van der Waals surface area (Å²) in [7, 11) is 0. The summed E-state index contributed by atoms with van der Waals surface area (Å²) in [6.07, 6.45) is 0. The standard InChI is InChI=1S/C17H21ClN2/c1-13-9-14(2)11-16(10-13)20-8-7-19-12-15-5-3-4-6-17(15)18/h3-6,9-11,19-20H,7-8,12H2,1-2H3. The average Bonchev–Trinajstić information content (AvgIpc) is 2.39. The highest BCUT2D eigenvalue weighted by Gasteiger charge is 1.98. The van der Waals surface area contributed by atoms with Crippen molar-refractivity contribution in [2.75, 3.05) is 18.4 Å². The molecule has 0 bridgehead atoms. The first kappa shape index (κ1) is 14.9. The van der Waals surface area contributed by atoms with Crippen molar-refractivity contribution in [2.24, 2.45) is 0 Å². The van der Waals surface area contributed by atoms with Crippen LogP contribution in [0.2, 0.25) is 5.02 Å². The van der Waals surface area contributed by atoms with Gasteiger partial charge in [-0.05, 0) is 48.7 Å². The molecule has 0 aliphatic carbocycles. The van der Waals surface area contributed by atoms with E-state index in [0.29, 0.717) is 0 Å². The van der Waals surface area contributed by atoms with E-state index in [1.165, 1.54) is 16.8 Å². The first-order chi connectivity index (χ1) is 9.65. The quantitative estimate of drug-likeness (QED) is 0.780. The van der Waals surface area contributed by atoms with Gasteiger partial charge in [0.25, 0.3) is 0 Å². The molecule has 0 aromatic heterocycles. The van der Waals surface area contributed by atoms with E-state index in [0.717, 1.165) is 30.2 Å². The Morgan fingerprint density at radius 3 is 2.35 bits per heavy atom. The Bertz CT molecular complexity index is 546. The number of hydrogen-bond donors (Lipinski definition) is 2. The molecule has 2 rings (SSSR count). The minimum absolute atomic E-state index is 0.800. The van der Waals surface area contributed by atoms with Gasteiger partial charge in [-0.15, -0.1) is 0 Å². The van der Waals surface area contributed by atoms with Crippen molar-refractivity contribution >= 4 is 17.3 Å². The monoisotopic (exact) mass is 288 g/mol. The van der Waals surface area contributed by atoms with Gasteiger partial charge in [0, 0.05) is 30.3 Å². The summed E-state index contributed by atoms with van der Waals surface area (Å²) in [5.74, 6) is 0. The van der Waals surface area contributed by atoms with Crippen molar-refractivity contribution in [3.63, 3.8) is 0 Å². The number of rotatable bonds is 6. The van der Waals surface area contributed by atoms with Gasteiger partial charge in [0.1, 0.15) is 0 Å². The van der Waals surface area contributed by atoms with Gasteiger partial charge in [-0.2, -0.15) is 0 Å². The fraction of sp³-hybridized carbons (Fsp3) is 0.294. The number of halogens is 1. The molecule has 2 nitrogen and oxygen atoms in total. The van der Waals surface area contributed by atoms with Crippen molar-refractivity contribution in [3.05, 3.63) is 64.2 Å². The fourth-order valence-corrected chi connectivity index (χ4v) is 2.44.